The molecule has 3 aromatic heterocycles. The standard InChI is InChI=1S/C26H27N5O4S/c1-16(2)35-19-7-5-18(6-8-19)26(33)31-11-9-17(10-12-31)25-27-21(15-36-25)24(32)28-23-14-20(29-30-23)22-4-3-13-34-22/h3-8,13-17H,9-12H2,1-2H3,(H2,28,29,30,32). The van der Waals surface area contributed by atoms with Gasteiger partial charge in [-0.25, -0.2) is 4.98 Å². The summed E-state index contributed by atoms with van der Waals surface area (Å²) in [6.45, 7) is 5.24. The van der Waals surface area contributed by atoms with E-state index in [4.69, 9.17) is 9.15 Å². The van der Waals surface area contributed by atoms with Gasteiger partial charge in [-0.05, 0) is 63.1 Å². The van der Waals surface area contributed by atoms with Crippen LogP contribution >= 0.6 is 11.3 Å². The first-order valence-corrected chi connectivity index (χ1v) is 12.8. The molecule has 1 aliphatic rings. The van der Waals surface area contributed by atoms with Crippen molar-refractivity contribution in [2.24, 2.45) is 0 Å². The molecule has 10 heteroatoms. The molecule has 2 amide bonds. The second kappa shape index (κ2) is 10.4. The summed E-state index contributed by atoms with van der Waals surface area (Å²) in [6, 6.07) is 12.6. The molecule has 36 heavy (non-hydrogen) atoms. The number of amides is 2. The fourth-order valence-electron chi connectivity index (χ4n) is 4.16. The van der Waals surface area contributed by atoms with Crippen molar-refractivity contribution < 1.29 is 18.7 Å². The minimum Gasteiger partial charge on any atom is -0.491 e. The molecule has 0 spiro atoms. The second-order valence-corrected chi connectivity index (χ2v) is 9.82. The molecular formula is C26H27N5O4S. The average molecular weight is 506 g/mol. The third kappa shape index (κ3) is 5.33. The Morgan fingerprint density at radius 1 is 1.19 bits per heavy atom. The summed E-state index contributed by atoms with van der Waals surface area (Å²) in [4.78, 5) is 32.1. The van der Waals surface area contributed by atoms with Crippen molar-refractivity contribution in [2.45, 2.75) is 38.7 Å². The van der Waals surface area contributed by atoms with Crippen molar-refractivity contribution in [3.8, 4) is 17.2 Å². The number of hydrogen-bond acceptors (Lipinski definition) is 7. The number of benzene rings is 1. The summed E-state index contributed by atoms with van der Waals surface area (Å²) >= 11 is 1.48. The molecule has 186 valence electrons. The van der Waals surface area contributed by atoms with Crippen LogP contribution in [0.3, 0.4) is 0 Å². The molecule has 4 aromatic rings. The predicted octanol–water partition coefficient (Wildman–Crippen LogP) is 5.19. The van der Waals surface area contributed by atoms with E-state index < -0.39 is 0 Å². The number of rotatable bonds is 7. The lowest BCUT2D eigenvalue weighted by Crippen LogP contribution is -2.37. The van der Waals surface area contributed by atoms with E-state index in [-0.39, 0.29) is 23.8 Å². The Balaban J connectivity index is 1.15. The minimum atomic E-state index is -0.312. The summed E-state index contributed by atoms with van der Waals surface area (Å²) in [7, 11) is 0. The van der Waals surface area contributed by atoms with Gasteiger partial charge in [0.05, 0.1) is 17.4 Å². The zero-order valence-electron chi connectivity index (χ0n) is 20.1. The summed E-state index contributed by atoms with van der Waals surface area (Å²) < 4.78 is 11.0. The van der Waals surface area contributed by atoms with Crippen molar-refractivity contribution in [3.05, 3.63) is 70.4 Å². The van der Waals surface area contributed by atoms with Crippen LogP contribution in [0.5, 0.6) is 5.75 Å². The number of carbonyl (C=O) groups excluding carboxylic acids is 2. The quantitative estimate of drug-likeness (QED) is 0.358. The van der Waals surface area contributed by atoms with Crippen molar-refractivity contribution in [3.63, 3.8) is 0 Å². The van der Waals surface area contributed by atoms with Crippen LogP contribution in [-0.4, -0.2) is 51.1 Å². The number of aromatic nitrogens is 3. The molecule has 1 fully saturated rings. The number of thiazole rings is 1. The van der Waals surface area contributed by atoms with E-state index in [1.54, 1.807) is 23.8 Å². The Labute approximate surface area is 212 Å². The SMILES string of the molecule is CC(C)Oc1ccc(C(=O)N2CCC(c3nc(C(=O)Nc4cc(-c5ccco5)[nH]n4)cs3)CC2)cc1. The predicted molar refractivity (Wildman–Crippen MR) is 136 cm³/mol. The summed E-state index contributed by atoms with van der Waals surface area (Å²) in [6.07, 6.45) is 3.28. The third-order valence-electron chi connectivity index (χ3n) is 5.97. The van der Waals surface area contributed by atoms with Crippen LogP contribution < -0.4 is 10.1 Å². The number of anilines is 1. The van der Waals surface area contributed by atoms with Gasteiger partial charge in [0.15, 0.2) is 11.6 Å². The Morgan fingerprint density at radius 2 is 1.97 bits per heavy atom. The first-order chi connectivity index (χ1) is 17.5. The molecule has 0 radical (unpaired) electrons. The molecule has 9 nitrogen and oxygen atoms in total. The average Bonchev–Trinajstić information content (AvgIpc) is 3.66. The molecule has 1 saturated heterocycles. The van der Waals surface area contributed by atoms with Crippen LogP contribution in [0.15, 0.2) is 58.5 Å². The lowest BCUT2D eigenvalue weighted by Gasteiger charge is -2.31. The molecule has 0 saturated carbocycles. The topological polar surface area (TPSA) is 113 Å². The zero-order chi connectivity index (χ0) is 25.1. The smallest absolute Gasteiger partial charge is 0.276 e. The number of nitrogens with zero attached hydrogens (tertiary/aromatic N) is 3. The highest BCUT2D eigenvalue weighted by Gasteiger charge is 2.27. The lowest BCUT2D eigenvalue weighted by molar-refractivity contribution is 0.0713. The maximum absolute atomic E-state index is 12.9. The number of nitrogens with one attached hydrogen (secondary N) is 2. The minimum absolute atomic E-state index is 0.0247. The van der Waals surface area contributed by atoms with E-state index in [9.17, 15) is 9.59 Å². The second-order valence-electron chi connectivity index (χ2n) is 8.93. The number of ether oxygens (including phenoxy) is 1. The molecule has 0 atom stereocenters. The Morgan fingerprint density at radius 3 is 2.67 bits per heavy atom. The molecule has 5 rings (SSSR count). The highest BCUT2D eigenvalue weighted by atomic mass is 32.1. The highest BCUT2D eigenvalue weighted by molar-refractivity contribution is 7.10. The number of furan rings is 1. The number of aromatic amines is 1. The Kier molecular flexibility index (Phi) is 6.86. The summed E-state index contributed by atoms with van der Waals surface area (Å²) in [5.74, 6) is 1.73. The molecular weight excluding hydrogens is 478 g/mol. The normalized spacial score (nSPS) is 14.2. The largest absolute Gasteiger partial charge is 0.491 e. The number of carbonyl (C=O) groups is 2. The van der Waals surface area contributed by atoms with Gasteiger partial charge in [-0.2, -0.15) is 5.10 Å². The van der Waals surface area contributed by atoms with Crippen LogP contribution in [0.2, 0.25) is 0 Å². The van der Waals surface area contributed by atoms with Gasteiger partial charge in [-0.1, -0.05) is 0 Å². The number of H-pyrrole nitrogens is 1. The number of hydrogen-bond donors (Lipinski definition) is 2. The zero-order valence-corrected chi connectivity index (χ0v) is 20.9. The van der Waals surface area contributed by atoms with Gasteiger partial charge in [-0.3, -0.25) is 14.7 Å². The molecule has 0 aliphatic carbocycles. The van der Waals surface area contributed by atoms with Gasteiger partial charge in [0.1, 0.15) is 17.1 Å². The van der Waals surface area contributed by atoms with Crippen LogP contribution in [0.25, 0.3) is 11.5 Å². The lowest BCUT2D eigenvalue weighted by atomic mass is 9.97. The summed E-state index contributed by atoms with van der Waals surface area (Å²) in [5.41, 5.74) is 1.70. The number of likely N-dealkylation sites (tertiary alicyclic amines) is 1. The monoisotopic (exact) mass is 505 g/mol. The first-order valence-electron chi connectivity index (χ1n) is 11.9. The fourth-order valence-corrected chi connectivity index (χ4v) is 5.14. The van der Waals surface area contributed by atoms with E-state index in [1.165, 1.54) is 11.3 Å². The third-order valence-corrected chi connectivity index (χ3v) is 6.97. The van der Waals surface area contributed by atoms with E-state index in [0.717, 1.165) is 23.6 Å². The van der Waals surface area contributed by atoms with Crippen molar-refractivity contribution in [1.82, 2.24) is 20.1 Å². The molecule has 1 aromatic carbocycles. The van der Waals surface area contributed by atoms with Gasteiger partial charge < -0.3 is 19.4 Å². The first kappa shape index (κ1) is 23.8. The van der Waals surface area contributed by atoms with E-state index >= 15 is 0 Å². The van der Waals surface area contributed by atoms with Crippen LogP contribution in [-0.2, 0) is 0 Å². The maximum atomic E-state index is 12.9. The Bertz CT molecular complexity index is 1320. The van der Waals surface area contributed by atoms with Crippen LogP contribution in [0.4, 0.5) is 5.82 Å². The van der Waals surface area contributed by atoms with Gasteiger partial charge >= 0.3 is 0 Å². The highest BCUT2D eigenvalue weighted by Crippen LogP contribution is 2.31. The van der Waals surface area contributed by atoms with Gasteiger partial charge in [0, 0.05) is 36.0 Å². The van der Waals surface area contributed by atoms with E-state index in [2.05, 4.69) is 20.5 Å². The molecule has 1 aliphatic heterocycles. The van der Waals surface area contributed by atoms with Crippen molar-refractivity contribution in [2.75, 3.05) is 18.4 Å². The van der Waals surface area contributed by atoms with Crippen LogP contribution in [0, 0.1) is 0 Å². The summed E-state index contributed by atoms with van der Waals surface area (Å²) in [5, 5.41) is 12.4. The molecule has 4 heterocycles. The molecule has 0 unspecified atom stereocenters. The number of piperidine rings is 1. The molecule has 0 bridgehead atoms. The van der Waals surface area contributed by atoms with Crippen molar-refractivity contribution >= 4 is 29.0 Å². The fraction of sp³-hybridized carbons (Fsp3) is 0.308. The van der Waals surface area contributed by atoms with Gasteiger partial charge in [0.2, 0.25) is 0 Å². The molecule has 2 N–H and O–H groups in total. The van der Waals surface area contributed by atoms with E-state index in [0.29, 0.717) is 41.6 Å². The maximum Gasteiger partial charge on any atom is 0.276 e. The van der Waals surface area contributed by atoms with Crippen LogP contribution in [0.1, 0.15) is 58.5 Å². The van der Waals surface area contributed by atoms with Crippen molar-refractivity contribution in [1.29, 1.82) is 0 Å². The Hall–Kier alpha value is -3.92. The van der Waals surface area contributed by atoms with E-state index in [1.807, 2.05) is 49.1 Å². The van der Waals surface area contributed by atoms with Gasteiger partial charge in [-0.15, -0.1) is 11.3 Å². The van der Waals surface area contributed by atoms with Gasteiger partial charge in [0.25, 0.3) is 11.8 Å².